The molecule has 0 aromatic heterocycles. The van der Waals surface area contributed by atoms with E-state index in [1.54, 1.807) is 0 Å². The van der Waals surface area contributed by atoms with Crippen molar-refractivity contribution in [2.45, 2.75) is 219 Å². The Morgan fingerprint density at radius 3 is 0.750 bits per heavy atom. The van der Waals surface area contributed by atoms with Crippen molar-refractivity contribution in [1.82, 2.24) is 9.80 Å². The van der Waals surface area contributed by atoms with E-state index in [1.165, 1.54) is 151 Å². The molecule has 294 valence electrons. The summed E-state index contributed by atoms with van der Waals surface area (Å²) >= 11 is 0. The van der Waals surface area contributed by atoms with Gasteiger partial charge in [0, 0.05) is 63.8 Å². The molecule has 0 saturated carbocycles. The minimum Gasteiger partial charge on any atom is -0.550 e. The number of rotatable bonds is 39. The average molecular weight is 753 g/mol. The minimum absolute atomic E-state index is 0. The summed E-state index contributed by atoms with van der Waals surface area (Å²) in [7, 11) is 0. The molecule has 0 aliphatic rings. The number of carboxylic acids is 2. The molecular weight excluding hydrogens is 674 g/mol. The summed E-state index contributed by atoms with van der Waals surface area (Å²) in [5.74, 6) is -2.68. The van der Waals surface area contributed by atoms with Crippen LogP contribution in [0.15, 0.2) is 0 Å². The number of carboxylic acid groups (broad SMARTS) is 2. The van der Waals surface area contributed by atoms with Crippen molar-refractivity contribution >= 4 is 23.8 Å². The molecular formula is C42H78N2Na2O6. The van der Waals surface area contributed by atoms with E-state index in [0.717, 1.165) is 38.5 Å². The first kappa shape index (κ1) is 56.2. The van der Waals surface area contributed by atoms with Gasteiger partial charge in [-0.3, -0.25) is 9.59 Å². The van der Waals surface area contributed by atoms with Gasteiger partial charge in [-0.05, 0) is 12.8 Å². The van der Waals surface area contributed by atoms with Gasteiger partial charge in [-0.1, -0.05) is 181 Å². The fraction of sp³-hybridized carbons (Fsp3) is 0.905. The quantitative estimate of drug-likeness (QED) is 0.0704. The zero-order chi connectivity index (χ0) is 36.9. The maximum absolute atomic E-state index is 13.0. The predicted octanol–water partition coefficient (Wildman–Crippen LogP) is 2.67. The second-order valence-electron chi connectivity index (χ2n) is 14.7. The first-order valence-electron chi connectivity index (χ1n) is 21.3. The van der Waals surface area contributed by atoms with E-state index >= 15 is 0 Å². The van der Waals surface area contributed by atoms with E-state index < -0.39 is 11.9 Å². The van der Waals surface area contributed by atoms with Crippen LogP contribution in [0, 0.1) is 0 Å². The summed E-state index contributed by atoms with van der Waals surface area (Å²) in [5, 5.41) is 22.3. The molecule has 10 heteroatoms. The van der Waals surface area contributed by atoms with Crippen LogP contribution in [-0.4, -0.2) is 59.7 Å². The third-order valence-corrected chi connectivity index (χ3v) is 10.0. The number of aliphatic carboxylic acids is 2. The molecule has 0 fully saturated rings. The van der Waals surface area contributed by atoms with Gasteiger partial charge in [-0.2, -0.15) is 0 Å². The van der Waals surface area contributed by atoms with Gasteiger partial charge in [0.05, 0.1) is 0 Å². The molecule has 0 bridgehead atoms. The molecule has 0 saturated heterocycles. The molecule has 0 atom stereocenters. The first-order chi connectivity index (χ1) is 24.3. The largest absolute Gasteiger partial charge is 1.00 e. The SMILES string of the molecule is CCCCCCCCCCCCCCCCC(=O)N(CCC(=O)[O-])CCN(CCC(=O)[O-])C(=O)CCCCCCCCCCCCCCCC.[Na+].[Na+]. The normalized spacial score (nSPS) is 10.7. The molecule has 0 radical (unpaired) electrons. The van der Waals surface area contributed by atoms with Crippen molar-refractivity contribution in [3.05, 3.63) is 0 Å². The topological polar surface area (TPSA) is 121 Å². The number of hydrogen-bond acceptors (Lipinski definition) is 6. The van der Waals surface area contributed by atoms with Gasteiger partial charge in [0.25, 0.3) is 0 Å². The molecule has 2 amide bonds. The van der Waals surface area contributed by atoms with Gasteiger partial charge in [-0.25, -0.2) is 0 Å². The Morgan fingerprint density at radius 2 is 0.538 bits per heavy atom. The molecule has 0 heterocycles. The van der Waals surface area contributed by atoms with E-state index in [-0.39, 0.29) is 110 Å². The Labute approximate surface area is 364 Å². The van der Waals surface area contributed by atoms with E-state index in [4.69, 9.17) is 0 Å². The number of carbonyl (C=O) groups is 4. The third kappa shape index (κ3) is 39.6. The number of nitrogens with zero attached hydrogens (tertiary/aromatic N) is 2. The molecule has 0 unspecified atom stereocenters. The van der Waals surface area contributed by atoms with E-state index in [9.17, 15) is 29.4 Å². The zero-order valence-electron chi connectivity index (χ0n) is 34.8. The molecule has 0 aromatic carbocycles. The van der Waals surface area contributed by atoms with Crippen molar-refractivity contribution in [1.29, 1.82) is 0 Å². The van der Waals surface area contributed by atoms with Gasteiger partial charge < -0.3 is 29.6 Å². The van der Waals surface area contributed by atoms with E-state index in [0.29, 0.717) is 12.8 Å². The molecule has 0 rings (SSSR count). The smallest absolute Gasteiger partial charge is 0.550 e. The van der Waals surface area contributed by atoms with Gasteiger partial charge >= 0.3 is 59.1 Å². The van der Waals surface area contributed by atoms with Crippen LogP contribution in [0.25, 0.3) is 0 Å². The Morgan fingerprint density at radius 1 is 0.327 bits per heavy atom. The zero-order valence-corrected chi connectivity index (χ0v) is 38.8. The number of amides is 2. The maximum Gasteiger partial charge on any atom is 1.00 e. The molecule has 0 aliphatic carbocycles. The van der Waals surface area contributed by atoms with Crippen molar-refractivity contribution in [3.63, 3.8) is 0 Å². The first-order valence-corrected chi connectivity index (χ1v) is 21.3. The second-order valence-corrected chi connectivity index (χ2v) is 14.7. The summed E-state index contributed by atoms with van der Waals surface area (Å²) in [4.78, 5) is 51.4. The fourth-order valence-corrected chi connectivity index (χ4v) is 6.67. The van der Waals surface area contributed by atoms with E-state index in [2.05, 4.69) is 13.8 Å². The Balaban J connectivity index is -0.0000120. The Kier molecular flexibility index (Phi) is 47.1. The molecule has 8 nitrogen and oxygen atoms in total. The van der Waals surface area contributed by atoms with Gasteiger partial charge in [0.2, 0.25) is 11.8 Å². The van der Waals surface area contributed by atoms with Crippen LogP contribution >= 0.6 is 0 Å². The van der Waals surface area contributed by atoms with Crippen LogP contribution in [0.2, 0.25) is 0 Å². The fourth-order valence-electron chi connectivity index (χ4n) is 6.67. The summed E-state index contributed by atoms with van der Waals surface area (Å²) in [5.41, 5.74) is 0. The van der Waals surface area contributed by atoms with Crippen molar-refractivity contribution < 1.29 is 88.5 Å². The molecule has 0 aliphatic heterocycles. The number of unbranched alkanes of at least 4 members (excludes halogenated alkanes) is 26. The Bertz CT molecular complexity index is 766. The number of carbonyl (C=O) groups excluding carboxylic acids is 4. The summed E-state index contributed by atoms with van der Waals surface area (Å²) in [6, 6.07) is 0. The van der Waals surface area contributed by atoms with Crippen LogP contribution in [0.3, 0.4) is 0 Å². The maximum atomic E-state index is 13.0. The number of hydrogen-bond donors (Lipinski definition) is 0. The summed E-state index contributed by atoms with van der Waals surface area (Å²) in [6.45, 7) is 4.92. The molecule has 52 heavy (non-hydrogen) atoms. The van der Waals surface area contributed by atoms with Gasteiger partial charge in [0.1, 0.15) is 0 Å². The monoisotopic (exact) mass is 753 g/mol. The molecule has 0 spiro atoms. The van der Waals surface area contributed by atoms with Crippen molar-refractivity contribution in [3.8, 4) is 0 Å². The molecule has 0 aromatic rings. The minimum atomic E-state index is -1.22. The summed E-state index contributed by atoms with van der Waals surface area (Å²) < 4.78 is 0. The van der Waals surface area contributed by atoms with Crippen molar-refractivity contribution in [2.75, 3.05) is 26.2 Å². The van der Waals surface area contributed by atoms with Gasteiger partial charge in [0.15, 0.2) is 0 Å². The average Bonchev–Trinajstić information content (AvgIpc) is 3.09. The second kappa shape index (κ2) is 43.6. The van der Waals surface area contributed by atoms with Crippen LogP contribution < -0.4 is 69.3 Å². The van der Waals surface area contributed by atoms with E-state index in [1.807, 2.05) is 0 Å². The standard InChI is InChI=1S/C42H80N2O6.2Na/c1-3-5-7-9-11-13-15-17-19-21-23-25-27-29-31-39(45)43(35-33-41(47)48)37-38-44(36-34-42(49)50)40(46)32-30-28-26-24-22-20-18-16-14-12-10-8-6-4-2;;/h3-38H2,1-2H3,(H,47,48)(H,49,50);;/q;2*+1/p-2. The van der Waals surface area contributed by atoms with Crippen LogP contribution in [0.5, 0.6) is 0 Å². The molecule has 0 N–H and O–H groups in total. The van der Waals surface area contributed by atoms with Gasteiger partial charge in [-0.15, -0.1) is 0 Å². The van der Waals surface area contributed by atoms with Crippen LogP contribution in [0.4, 0.5) is 0 Å². The van der Waals surface area contributed by atoms with Crippen LogP contribution in [-0.2, 0) is 19.2 Å². The summed E-state index contributed by atoms with van der Waals surface area (Å²) in [6.07, 6.45) is 34.6. The van der Waals surface area contributed by atoms with Crippen molar-refractivity contribution in [2.24, 2.45) is 0 Å². The Hall–Kier alpha value is -0.120. The third-order valence-electron chi connectivity index (χ3n) is 10.0. The van der Waals surface area contributed by atoms with Crippen LogP contribution in [0.1, 0.15) is 219 Å². The predicted molar refractivity (Wildman–Crippen MR) is 202 cm³/mol.